The maximum atomic E-state index is 12.5. The van der Waals surface area contributed by atoms with Crippen LogP contribution in [0, 0.1) is 5.92 Å². The van der Waals surface area contributed by atoms with Crippen molar-refractivity contribution < 1.29 is 22.7 Å². The Morgan fingerprint density at radius 1 is 1.15 bits per heavy atom. The predicted molar refractivity (Wildman–Crippen MR) is 98.0 cm³/mol. The fourth-order valence-corrected chi connectivity index (χ4v) is 3.01. The molecule has 0 aliphatic carbocycles. The molecule has 2 aromatic rings. The summed E-state index contributed by atoms with van der Waals surface area (Å²) in [6, 6.07) is 11.8. The van der Waals surface area contributed by atoms with Crippen molar-refractivity contribution in [1.82, 2.24) is 0 Å². The van der Waals surface area contributed by atoms with E-state index in [1.54, 1.807) is 0 Å². The summed E-state index contributed by atoms with van der Waals surface area (Å²) in [7, 11) is 0. The summed E-state index contributed by atoms with van der Waals surface area (Å²) >= 11 is 0. The Morgan fingerprint density at radius 2 is 1.81 bits per heavy atom. The lowest BCUT2D eigenvalue weighted by molar-refractivity contribution is -0.137. The molecule has 7 heteroatoms. The van der Waals surface area contributed by atoms with E-state index in [1.165, 1.54) is 18.6 Å². The van der Waals surface area contributed by atoms with E-state index in [4.69, 9.17) is 4.74 Å². The van der Waals surface area contributed by atoms with Crippen molar-refractivity contribution in [1.29, 1.82) is 0 Å². The highest BCUT2D eigenvalue weighted by Gasteiger charge is 2.30. The maximum absolute atomic E-state index is 12.5. The molecule has 0 bridgehead atoms. The van der Waals surface area contributed by atoms with Gasteiger partial charge < -0.3 is 15.0 Å². The predicted octanol–water partition coefficient (Wildman–Crippen LogP) is 4.57. The highest BCUT2D eigenvalue weighted by Crippen LogP contribution is 2.30. The van der Waals surface area contributed by atoms with Crippen molar-refractivity contribution in [3.8, 4) is 5.75 Å². The molecule has 1 amide bonds. The first-order chi connectivity index (χ1) is 12.8. The third kappa shape index (κ3) is 5.15. The van der Waals surface area contributed by atoms with Gasteiger partial charge in [-0.25, -0.2) is 0 Å². The first kappa shape index (κ1) is 19.1. The van der Waals surface area contributed by atoms with E-state index >= 15 is 0 Å². The van der Waals surface area contributed by atoms with Crippen LogP contribution >= 0.6 is 0 Å². The molecule has 1 atom stereocenters. The number of rotatable bonds is 5. The number of hydrogen-bond donors (Lipinski definition) is 1. The number of alkyl halides is 3. The van der Waals surface area contributed by atoms with E-state index in [0.29, 0.717) is 11.6 Å². The first-order valence-corrected chi connectivity index (χ1v) is 8.76. The first-order valence-electron chi connectivity index (χ1n) is 8.76. The van der Waals surface area contributed by atoms with Crippen LogP contribution in [0.15, 0.2) is 48.5 Å². The zero-order valence-corrected chi connectivity index (χ0v) is 14.9. The molecule has 0 spiro atoms. The molecule has 1 N–H and O–H groups in total. The number of halogens is 3. The number of nitrogens with one attached hydrogen (secondary N) is 1. The van der Waals surface area contributed by atoms with E-state index in [0.717, 1.165) is 30.9 Å². The molecular weight excluding hydrogens is 357 g/mol. The lowest BCUT2D eigenvalue weighted by atomic mass is 10.2. The second kappa shape index (κ2) is 7.90. The summed E-state index contributed by atoms with van der Waals surface area (Å²) in [5.74, 6) is 0.515. The molecule has 0 radical (unpaired) electrons. The highest BCUT2D eigenvalue weighted by atomic mass is 19.4. The molecule has 1 unspecified atom stereocenters. The molecule has 144 valence electrons. The van der Waals surface area contributed by atoms with Crippen molar-refractivity contribution in [2.24, 2.45) is 5.92 Å². The van der Waals surface area contributed by atoms with Crippen LogP contribution in [0.3, 0.4) is 0 Å². The highest BCUT2D eigenvalue weighted by molar-refractivity contribution is 5.92. The Bertz CT molecular complexity index is 773. The second-order valence-electron chi connectivity index (χ2n) is 6.75. The summed E-state index contributed by atoms with van der Waals surface area (Å²) < 4.78 is 42.8. The molecule has 1 heterocycles. The standard InChI is InChI=1S/C20H21F3N2O2/c1-14-10-11-25(12-14)17-6-4-16(5-7-17)24-19(26)13-27-18-8-2-15(3-9-18)20(21,22)23/h2-9,14H,10-13H2,1H3,(H,24,26). The molecule has 1 aliphatic rings. The van der Waals surface area contributed by atoms with Crippen LogP contribution in [-0.2, 0) is 11.0 Å². The van der Waals surface area contributed by atoms with E-state index in [9.17, 15) is 18.0 Å². The van der Waals surface area contributed by atoms with Gasteiger partial charge in [-0.1, -0.05) is 6.92 Å². The normalized spacial score (nSPS) is 17.0. The van der Waals surface area contributed by atoms with Crippen molar-refractivity contribution >= 4 is 17.3 Å². The molecule has 0 saturated carbocycles. The molecular formula is C20H21F3N2O2. The number of ether oxygens (including phenoxy) is 1. The summed E-state index contributed by atoms with van der Waals surface area (Å²) in [6.07, 6.45) is -3.21. The molecule has 2 aromatic carbocycles. The van der Waals surface area contributed by atoms with Gasteiger partial charge in [0.15, 0.2) is 6.61 Å². The Morgan fingerprint density at radius 3 is 2.37 bits per heavy atom. The van der Waals surface area contributed by atoms with E-state index in [1.807, 2.05) is 24.3 Å². The molecule has 1 saturated heterocycles. The van der Waals surface area contributed by atoms with E-state index in [-0.39, 0.29) is 18.3 Å². The van der Waals surface area contributed by atoms with Crippen molar-refractivity contribution in [2.75, 3.05) is 29.9 Å². The fraction of sp³-hybridized carbons (Fsp3) is 0.350. The maximum Gasteiger partial charge on any atom is 0.416 e. The van der Waals surface area contributed by atoms with Crippen LogP contribution in [0.4, 0.5) is 24.5 Å². The van der Waals surface area contributed by atoms with Crippen molar-refractivity contribution in [2.45, 2.75) is 19.5 Å². The van der Waals surface area contributed by atoms with Gasteiger partial charge in [0.25, 0.3) is 5.91 Å². The van der Waals surface area contributed by atoms with Crippen LogP contribution in [0.5, 0.6) is 5.75 Å². The monoisotopic (exact) mass is 378 g/mol. The number of hydrogen-bond acceptors (Lipinski definition) is 3. The van der Waals surface area contributed by atoms with Crippen molar-refractivity contribution in [3.05, 3.63) is 54.1 Å². The number of nitrogens with zero attached hydrogens (tertiary/aromatic N) is 1. The fourth-order valence-electron chi connectivity index (χ4n) is 3.01. The van der Waals surface area contributed by atoms with E-state index < -0.39 is 11.7 Å². The topological polar surface area (TPSA) is 41.6 Å². The lowest BCUT2D eigenvalue weighted by Crippen LogP contribution is -2.21. The van der Waals surface area contributed by atoms with Gasteiger partial charge >= 0.3 is 6.18 Å². The Kier molecular flexibility index (Phi) is 5.58. The van der Waals surface area contributed by atoms with Crippen LogP contribution < -0.4 is 15.0 Å². The largest absolute Gasteiger partial charge is 0.484 e. The Labute approximate surface area is 155 Å². The van der Waals surface area contributed by atoms with Gasteiger partial charge in [-0.3, -0.25) is 4.79 Å². The van der Waals surface area contributed by atoms with Gasteiger partial charge in [0.2, 0.25) is 0 Å². The smallest absolute Gasteiger partial charge is 0.416 e. The summed E-state index contributed by atoms with van der Waals surface area (Å²) in [4.78, 5) is 14.3. The quantitative estimate of drug-likeness (QED) is 0.829. The minimum Gasteiger partial charge on any atom is -0.484 e. The number of amides is 1. The Hall–Kier alpha value is -2.70. The second-order valence-corrected chi connectivity index (χ2v) is 6.75. The number of anilines is 2. The van der Waals surface area contributed by atoms with E-state index in [2.05, 4.69) is 17.1 Å². The van der Waals surface area contributed by atoms with Gasteiger partial charge in [0.05, 0.1) is 5.56 Å². The third-order valence-corrected chi connectivity index (χ3v) is 4.49. The number of carbonyl (C=O) groups is 1. The van der Waals surface area contributed by atoms with Gasteiger partial charge in [-0.15, -0.1) is 0 Å². The summed E-state index contributed by atoms with van der Waals surface area (Å²) in [5.41, 5.74) is 1.01. The zero-order valence-electron chi connectivity index (χ0n) is 14.9. The molecule has 4 nitrogen and oxygen atoms in total. The van der Waals surface area contributed by atoms with Gasteiger partial charge in [0.1, 0.15) is 5.75 Å². The van der Waals surface area contributed by atoms with Crippen molar-refractivity contribution in [3.63, 3.8) is 0 Å². The average molecular weight is 378 g/mol. The SMILES string of the molecule is CC1CCN(c2ccc(NC(=O)COc3ccc(C(F)(F)F)cc3)cc2)C1. The molecule has 27 heavy (non-hydrogen) atoms. The summed E-state index contributed by atoms with van der Waals surface area (Å²) in [5, 5.41) is 2.71. The van der Waals surface area contributed by atoms with Gasteiger partial charge in [-0.05, 0) is 60.9 Å². The molecule has 1 fully saturated rings. The Balaban J connectivity index is 1.49. The molecule has 1 aliphatic heterocycles. The van der Waals surface area contributed by atoms with Gasteiger partial charge in [0, 0.05) is 24.5 Å². The van der Waals surface area contributed by atoms with Crippen LogP contribution in [0.1, 0.15) is 18.9 Å². The minimum absolute atomic E-state index is 0.205. The zero-order chi connectivity index (χ0) is 19.4. The van der Waals surface area contributed by atoms with Crippen LogP contribution in [-0.4, -0.2) is 25.6 Å². The average Bonchev–Trinajstić information content (AvgIpc) is 3.07. The van der Waals surface area contributed by atoms with Crippen LogP contribution in [0.25, 0.3) is 0 Å². The summed E-state index contributed by atoms with van der Waals surface area (Å²) in [6.45, 7) is 4.02. The lowest BCUT2D eigenvalue weighted by Gasteiger charge is -2.18. The number of benzene rings is 2. The molecule has 3 rings (SSSR count). The molecule has 0 aromatic heterocycles. The number of carbonyl (C=O) groups excluding carboxylic acids is 1. The van der Waals surface area contributed by atoms with Crippen LogP contribution in [0.2, 0.25) is 0 Å². The van der Waals surface area contributed by atoms with Gasteiger partial charge in [-0.2, -0.15) is 13.2 Å². The third-order valence-electron chi connectivity index (χ3n) is 4.49. The minimum atomic E-state index is -4.39.